The van der Waals surface area contributed by atoms with E-state index in [4.69, 9.17) is 0 Å². The molecule has 2 aliphatic rings. The number of aryl methyl sites for hydroxylation is 1. The van der Waals surface area contributed by atoms with Gasteiger partial charge in [-0.3, -0.25) is 9.69 Å². The van der Waals surface area contributed by atoms with Crippen LogP contribution in [0.2, 0.25) is 0 Å². The molecular weight excluding hydrogens is 388 g/mol. The number of fused-ring (bicyclic) bond motifs is 1. The zero-order chi connectivity index (χ0) is 21.4. The number of pyridine rings is 1. The molecule has 2 atom stereocenters. The minimum atomic E-state index is -0.228. The Kier molecular flexibility index (Phi) is 5.61. The van der Waals surface area contributed by atoms with Crippen molar-refractivity contribution < 1.29 is 0 Å². The van der Waals surface area contributed by atoms with Crippen LogP contribution >= 0.6 is 0 Å². The topological polar surface area (TPSA) is 79.7 Å². The number of nitrogens with zero attached hydrogens (tertiary/aromatic N) is 5. The largest absolute Gasteiger partial charge is 0.322 e. The van der Waals surface area contributed by atoms with Gasteiger partial charge in [-0.15, -0.1) is 5.10 Å². The molecule has 2 aromatic heterocycles. The summed E-state index contributed by atoms with van der Waals surface area (Å²) in [6.45, 7) is 6.24. The van der Waals surface area contributed by atoms with Crippen molar-refractivity contribution in [2.45, 2.75) is 70.9 Å². The molecule has 2 fully saturated rings. The van der Waals surface area contributed by atoms with Gasteiger partial charge in [-0.1, -0.05) is 38.3 Å². The molecule has 0 radical (unpaired) electrons. The van der Waals surface area contributed by atoms with Crippen molar-refractivity contribution in [2.75, 3.05) is 13.1 Å². The Morgan fingerprint density at radius 3 is 2.74 bits per heavy atom. The van der Waals surface area contributed by atoms with Crippen molar-refractivity contribution in [3.8, 4) is 0 Å². The number of piperidine rings is 1. The lowest BCUT2D eigenvalue weighted by molar-refractivity contribution is 0.138. The molecule has 31 heavy (non-hydrogen) atoms. The summed E-state index contributed by atoms with van der Waals surface area (Å²) in [6, 6.07) is 8.36. The SMILES string of the molecule is Cc1ccc2cc([C@H](c3nnnn3C3CCCCC3)N3CCC[C@H](C)C3)c(=O)[nH]c2c1. The fourth-order valence-corrected chi connectivity index (χ4v) is 5.46. The first kappa shape index (κ1) is 20.4. The molecule has 3 aromatic rings. The first-order valence-corrected chi connectivity index (χ1v) is 11.8. The van der Waals surface area contributed by atoms with Crippen molar-refractivity contribution in [1.82, 2.24) is 30.1 Å². The maximum absolute atomic E-state index is 13.3. The van der Waals surface area contributed by atoms with Crippen LogP contribution in [-0.4, -0.2) is 43.2 Å². The highest BCUT2D eigenvalue weighted by Crippen LogP contribution is 2.34. The first-order chi connectivity index (χ1) is 15.1. The molecule has 1 N–H and O–H groups in total. The van der Waals surface area contributed by atoms with E-state index in [0.29, 0.717) is 12.0 Å². The summed E-state index contributed by atoms with van der Waals surface area (Å²) in [4.78, 5) is 18.9. The summed E-state index contributed by atoms with van der Waals surface area (Å²) in [5.41, 5.74) is 2.72. The molecule has 3 heterocycles. The fraction of sp³-hybridized carbons (Fsp3) is 0.583. The van der Waals surface area contributed by atoms with Gasteiger partial charge in [0.05, 0.1) is 6.04 Å². The van der Waals surface area contributed by atoms with Crippen LogP contribution in [0.15, 0.2) is 29.1 Å². The van der Waals surface area contributed by atoms with Crippen molar-refractivity contribution >= 4 is 10.9 Å². The lowest BCUT2D eigenvalue weighted by atomic mass is 9.93. The number of hydrogen-bond donors (Lipinski definition) is 1. The molecule has 0 spiro atoms. The molecule has 7 heteroatoms. The van der Waals surface area contributed by atoms with Gasteiger partial charge in [0.25, 0.3) is 5.56 Å². The van der Waals surface area contributed by atoms with Gasteiger partial charge in [-0.2, -0.15) is 0 Å². The van der Waals surface area contributed by atoms with Crippen LogP contribution in [0, 0.1) is 12.8 Å². The van der Waals surface area contributed by atoms with Crippen molar-refractivity contribution in [2.24, 2.45) is 5.92 Å². The van der Waals surface area contributed by atoms with Gasteiger partial charge in [0, 0.05) is 17.6 Å². The Morgan fingerprint density at radius 1 is 1.10 bits per heavy atom. The van der Waals surface area contributed by atoms with Gasteiger partial charge in [0.2, 0.25) is 0 Å². The zero-order valence-corrected chi connectivity index (χ0v) is 18.5. The number of hydrogen-bond acceptors (Lipinski definition) is 5. The third-order valence-electron chi connectivity index (χ3n) is 7.06. The quantitative estimate of drug-likeness (QED) is 0.686. The monoisotopic (exact) mass is 420 g/mol. The minimum absolute atomic E-state index is 0.0421. The van der Waals surface area contributed by atoms with Crippen LogP contribution in [-0.2, 0) is 0 Å². The standard InChI is InChI=1S/C24H32N6O/c1-16-10-11-18-14-20(24(31)25-21(18)13-16)22(29-12-6-7-17(2)15-29)23-26-27-28-30(23)19-8-4-3-5-9-19/h10-11,13-14,17,19,22H,3-9,12,15H2,1-2H3,(H,25,31)/t17-,22+/m0/s1. The number of aromatic amines is 1. The third kappa shape index (κ3) is 4.03. The van der Waals surface area contributed by atoms with E-state index in [-0.39, 0.29) is 11.6 Å². The Bertz CT molecular complexity index is 1110. The molecule has 1 aliphatic heterocycles. The number of benzene rings is 1. The van der Waals surface area contributed by atoms with Crippen molar-refractivity contribution in [3.05, 3.63) is 51.6 Å². The Hall–Kier alpha value is -2.54. The normalized spacial score (nSPS) is 22.1. The molecule has 0 bridgehead atoms. The Morgan fingerprint density at radius 2 is 1.94 bits per heavy atom. The Labute approximate surface area is 182 Å². The van der Waals surface area contributed by atoms with Crippen LogP contribution in [0.5, 0.6) is 0 Å². The summed E-state index contributed by atoms with van der Waals surface area (Å²) in [6.07, 6.45) is 8.28. The second-order valence-electron chi connectivity index (χ2n) is 9.56. The number of tetrazole rings is 1. The average Bonchev–Trinajstić information content (AvgIpc) is 3.24. The number of aromatic nitrogens is 5. The summed E-state index contributed by atoms with van der Waals surface area (Å²) < 4.78 is 2.03. The minimum Gasteiger partial charge on any atom is -0.322 e. The number of likely N-dealkylation sites (tertiary alicyclic amines) is 1. The van der Waals surface area contributed by atoms with E-state index in [1.807, 2.05) is 17.7 Å². The highest BCUT2D eigenvalue weighted by atomic mass is 16.1. The molecule has 0 unspecified atom stereocenters. The Balaban J connectivity index is 1.63. The van der Waals surface area contributed by atoms with Gasteiger partial charge in [-0.05, 0) is 78.6 Å². The van der Waals surface area contributed by atoms with E-state index in [0.717, 1.165) is 60.2 Å². The van der Waals surface area contributed by atoms with Gasteiger partial charge in [0.15, 0.2) is 5.82 Å². The fourth-order valence-electron chi connectivity index (χ4n) is 5.46. The van der Waals surface area contributed by atoms with E-state index in [1.54, 1.807) is 0 Å². The van der Waals surface area contributed by atoms with E-state index in [1.165, 1.54) is 25.7 Å². The zero-order valence-electron chi connectivity index (χ0n) is 18.5. The number of nitrogens with one attached hydrogen (secondary N) is 1. The highest BCUT2D eigenvalue weighted by molar-refractivity contribution is 5.79. The predicted octanol–water partition coefficient (Wildman–Crippen LogP) is 4.15. The lowest BCUT2D eigenvalue weighted by Gasteiger charge is -2.37. The van der Waals surface area contributed by atoms with Crippen molar-refractivity contribution in [1.29, 1.82) is 0 Å². The molecule has 1 aromatic carbocycles. The number of H-pyrrole nitrogens is 1. The predicted molar refractivity (Wildman–Crippen MR) is 121 cm³/mol. The van der Waals surface area contributed by atoms with Crippen LogP contribution in [0.4, 0.5) is 0 Å². The summed E-state index contributed by atoms with van der Waals surface area (Å²) in [5.74, 6) is 1.41. The van der Waals surface area contributed by atoms with Crippen LogP contribution in [0.1, 0.15) is 80.9 Å². The summed E-state index contributed by atoms with van der Waals surface area (Å²) in [7, 11) is 0. The number of rotatable bonds is 4. The van der Waals surface area contributed by atoms with Gasteiger partial charge in [0.1, 0.15) is 6.04 Å². The summed E-state index contributed by atoms with van der Waals surface area (Å²) in [5, 5.41) is 14.1. The molecule has 1 saturated heterocycles. The van der Waals surface area contributed by atoms with E-state index in [2.05, 4.69) is 50.5 Å². The van der Waals surface area contributed by atoms with Gasteiger partial charge < -0.3 is 4.98 Å². The van der Waals surface area contributed by atoms with Crippen LogP contribution < -0.4 is 5.56 Å². The molecule has 164 valence electrons. The molecule has 0 amide bonds. The maximum Gasteiger partial charge on any atom is 0.253 e. The molecule has 1 saturated carbocycles. The first-order valence-electron chi connectivity index (χ1n) is 11.8. The van der Waals surface area contributed by atoms with Gasteiger partial charge >= 0.3 is 0 Å². The highest BCUT2D eigenvalue weighted by Gasteiger charge is 2.34. The van der Waals surface area contributed by atoms with Crippen LogP contribution in [0.3, 0.4) is 0 Å². The van der Waals surface area contributed by atoms with Crippen LogP contribution in [0.25, 0.3) is 10.9 Å². The lowest BCUT2D eigenvalue weighted by Crippen LogP contribution is -2.41. The smallest absolute Gasteiger partial charge is 0.253 e. The second kappa shape index (κ2) is 8.54. The molecular formula is C24H32N6O. The summed E-state index contributed by atoms with van der Waals surface area (Å²) >= 11 is 0. The van der Waals surface area contributed by atoms with Gasteiger partial charge in [-0.25, -0.2) is 4.68 Å². The average molecular weight is 421 g/mol. The molecule has 7 nitrogen and oxygen atoms in total. The maximum atomic E-state index is 13.3. The second-order valence-corrected chi connectivity index (χ2v) is 9.56. The van der Waals surface area contributed by atoms with Crippen molar-refractivity contribution in [3.63, 3.8) is 0 Å². The third-order valence-corrected chi connectivity index (χ3v) is 7.06. The van der Waals surface area contributed by atoms with E-state index in [9.17, 15) is 4.79 Å². The van der Waals surface area contributed by atoms with E-state index < -0.39 is 0 Å². The molecule has 5 rings (SSSR count). The molecule has 1 aliphatic carbocycles. The van der Waals surface area contributed by atoms with E-state index >= 15 is 0 Å².